The first kappa shape index (κ1) is 20.7. The molecule has 1 fully saturated rings. The van der Waals surface area contributed by atoms with Gasteiger partial charge in [0.25, 0.3) is 0 Å². The molecule has 2 heterocycles. The van der Waals surface area contributed by atoms with Crippen molar-refractivity contribution in [2.24, 2.45) is 4.99 Å². The number of fused-ring (bicyclic) bond motifs is 4. The Kier molecular flexibility index (Phi) is 5.31. The van der Waals surface area contributed by atoms with E-state index in [1.54, 1.807) is 6.07 Å². The van der Waals surface area contributed by atoms with Crippen LogP contribution in [-0.2, 0) is 12.8 Å². The molecule has 4 aromatic rings. The molecule has 1 N–H and O–H groups in total. The summed E-state index contributed by atoms with van der Waals surface area (Å²) in [5.74, 6) is -0.225. The highest BCUT2D eigenvalue weighted by atomic mass is 32.2. The fraction of sp³-hybridized carbons (Fsp3) is 0.231. The minimum absolute atomic E-state index is 0.225. The first-order valence-corrected chi connectivity index (χ1v) is 12.8. The van der Waals surface area contributed by atoms with E-state index in [0.717, 1.165) is 45.6 Å². The number of anilines is 1. The lowest BCUT2D eigenvalue weighted by Gasteiger charge is -2.21. The average Bonchev–Trinajstić information content (AvgIpc) is 3.47. The Labute approximate surface area is 200 Å². The lowest BCUT2D eigenvalue weighted by atomic mass is 10.1. The number of amidine groups is 1. The quantitative estimate of drug-likeness (QED) is 0.362. The molecule has 1 aliphatic carbocycles. The molecule has 1 saturated heterocycles. The van der Waals surface area contributed by atoms with Crippen molar-refractivity contribution in [3.05, 3.63) is 89.2 Å². The molecule has 0 radical (unpaired) electrons. The number of benzene rings is 3. The second-order valence-electron chi connectivity index (χ2n) is 8.48. The van der Waals surface area contributed by atoms with Crippen LogP contribution in [0.4, 0.5) is 15.2 Å². The molecule has 33 heavy (non-hydrogen) atoms. The Balaban J connectivity index is 1.08. The topological polar surface area (TPSA) is 40.5 Å². The van der Waals surface area contributed by atoms with Gasteiger partial charge in [-0.2, -0.15) is 0 Å². The fourth-order valence-corrected chi connectivity index (χ4v) is 7.03. The fourth-order valence-electron chi connectivity index (χ4n) is 4.68. The molecule has 6 rings (SSSR count). The number of aromatic nitrogens is 1. The van der Waals surface area contributed by atoms with Gasteiger partial charge in [0, 0.05) is 18.8 Å². The van der Waals surface area contributed by atoms with Crippen molar-refractivity contribution >= 4 is 49.3 Å². The van der Waals surface area contributed by atoms with Gasteiger partial charge in [-0.3, -0.25) is 0 Å². The van der Waals surface area contributed by atoms with E-state index in [4.69, 9.17) is 4.99 Å². The number of rotatable bonds is 5. The maximum Gasteiger partial charge on any atom is 0.183 e. The molecule has 0 bridgehead atoms. The van der Waals surface area contributed by atoms with Crippen LogP contribution in [0.5, 0.6) is 0 Å². The minimum atomic E-state index is -0.225. The Morgan fingerprint density at radius 2 is 1.97 bits per heavy atom. The van der Waals surface area contributed by atoms with Crippen LogP contribution in [0.3, 0.4) is 0 Å². The highest BCUT2D eigenvalue weighted by Gasteiger charge is 2.43. The van der Waals surface area contributed by atoms with E-state index in [2.05, 4.69) is 70.8 Å². The zero-order valence-corrected chi connectivity index (χ0v) is 19.8. The summed E-state index contributed by atoms with van der Waals surface area (Å²) < 4.78 is 14.2. The van der Waals surface area contributed by atoms with Crippen LogP contribution in [0, 0.1) is 5.82 Å². The molecule has 0 spiro atoms. The number of thiazole rings is 1. The summed E-state index contributed by atoms with van der Waals surface area (Å²) in [6.45, 7) is 0.775. The summed E-state index contributed by atoms with van der Waals surface area (Å²) in [4.78, 5) is 11.8. The summed E-state index contributed by atoms with van der Waals surface area (Å²) in [5.41, 5.74) is 5.99. The number of halogens is 1. The third kappa shape index (κ3) is 4.00. The number of nitrogens with zero attached hydrogens (tertiary/aromatic N) is 3. The lowest BCUT2D eigenvalue weighted by Crippen LogP contribution is -2.23. The SMILES string of the molecule is CN1/C(=N/c2ccc(CCNc3nc4ccc(F)cc4s3)cc2)SC2Cc3ccccc3[C@@H]21. The van der Waals surface area contributed by atoms with Crippen molar-refractivity contribution in [2.45, 2.75) is 24.1 Å². The molecule has 0 amide bonds. The van der Waals surface area contributed by atoms with E-state index in [0.29, 0.717) is 11.3 Å². The van der Waals surface area contributed by atoms with Crippen LogP contribution in [-0.4, -0.2) is 33.9 Å². The molecule has 166 valence electrons. The van der Waals surface area contributed by atoms with E-state index >= 15 is 0 Å². The van der Waals surface area contributed by atoms with Crippen LogP contribution in [0.15, 0.2) is 71.7 Å². The van der Waals surface area contributed by atoms with Crippen molar-refractivity contribution in [2.75, 3.05) is 18.9 Å². The van der Waals surface area contributed by atoms with Gasteiger partial charge in [0.05, 0.1) is 21.9 Å². The molecule has 1 aliphatic heterocycles. The van der Waals surface area contributed by atoms with E-state index < -0.39 is 0 Å². The van der Waals surface area contributed by atoms with Gasteiger partial charge in [-0.05, 0) is 59.9 Å². The number of nitrogens with one attached hydrogen (secondary N) is 1. The summed E-state index contributed by atoms with van der Waals surface area (Å²) >= 11 is 3.38. The van der Waals surface area contributed by atoms with Crippen molar-refractivity contribution in [3.8, 4) is 0 Å². The summed E-state index contributed by atoms with van der Waals surface area (Å²) in [6, 6.07) is 22.4. The maximum atomic E-state index is 13.4. The minimum Gasteiger partial charge on any atom is -0.361 e. The molecular weight excluding hydrogens is 451 g/mol. The normalized spacial score (nSPS) is 20.4. The van der Waals surface area contributed by atoms with Gasteiger partial charge in [-0.1, -0.05) is 59.5 Å². The summed E-state index contributed by atoms with van der Waals surface area (Å²) in [7, 11) is 2.16. The number of hydrogen-bond donors (Lipinski definition) is 1. The van der Waals surface area contributed by atoms with Crippen molar-refractivity contribution in [1.82, 2.24) is 9.88 Å². The van der Waals surface area contributed by atoms with Gasteiger partial charge in [0.1, 0.15) is 5.82 Å². The Hall–Kier alpha value is -2.90. The monoisotopic (exact) mass is 474 g/mol. The van der Waals surface area contributed by atoms with Crippen molar-refractivity contribution < 1.29 is 4.39 Å². The van der Waals surface area contributed by atoms with E-state index in [1.807, 2.05) is 11.8 Å². The van der Waals surface area contributed by atoms with Crippen molar-refractivity contribution in [3.63, 3.8) is 0 Å². The van der Waals surface area contributed by atoms with Gasteiger partial charge in [-0.15, -0.1) is 0 Å². The maximum absolute atomic E-state index is 13.4. The van der Waals surface area contributed by atoms with E-state index in [1.165, 1.54) is 40.2 Å². The van der Waals surface area contributed by atoms with E-state index in [-0.39, 0.29) is 5.82 Å². The number of aliphatic imine (C=N–C) groups is 1. The third-order valence-corrected chi connectivity index (χ3v) is 8.62. The Morgan fingerprint density at radius 3 is 2.85 bits per heavy atom. The predicted molar refractivity (Wildman–Crippen MR) is 137 cm³/mol. The molecule has 1 aromatic heterocycles. The van der Waals surface area contributed by atoms with Crippen LogP contribution in [0.25, 0.3) is 10.2 Å². The van der Waals surface area contributed by atoms with Gasteiger partial charge in [0.2, 0.25) is 0 Å². The van der Waals surface area contributed by atoms with Gasteiger partial charge in [-0.25, -0.2) is 14.4 Å². The summed E-state index contributed by atoms with van der Waals surface area (Å²) in [5, 5.41) is 5.83. The lowest BCUT2D eigenvalue weighted by molar-refractivity contribution is 0.402. The average molecular weight is 475 g/mol. The van der Waals surface area contributed by atoms with Gasteiger partial charge < -0.3 is 10.2 Å². The zero-order valence-electron chi connectivity index (χ0n) is 18.2. The number of hydrogen-bond acceptors (Lipinski definition) is 5. The first-order valence-electron chi connectivity index (χ1n) is 11.1. The molecule has 1 unspecified atom stereocenters. The zero-order chi connectivity index (χ0) is 22.4. The van der Waals surface area contributed by atoms with Crippen molar-refractivity contribution in [1.29, 1.82) is 0 Å². The van der Waals surface area contributed by atoms with Gasteiger partial charge >= 0.3 is 0 Å². The molecule has 7 heteroatoms. The third-order valence-electron chi connectivity index (χ3n) is 6.32. The van der Waals surface area contributed by atoms with Crippen LogP contribution < -0.4 is 5.32 Å². The highest BCUT2D eigenvalue weighted by Crippen LogP contribution is 2.48. The smallest absolute Gasteiger partial charge is 0.183 e. The standard InChI is InChI=1S/C26H23FN4S2/c1-31-24-20-5-3-2-4-17(20)14-23(24)33-26(31)29-19-9-6-16(7-10-19)12-13-28-25-30-21-11-8-18(27)15-22(21)32-25/h2-11,15,23-24H,12-14H2,1H3,(H,28,30)/b29-26-/t23?,24-/m0/s1. The first-order chi connectivity index (χ1) is 16.1. The van der Waals surface area contributed by atoms with E-state index in [9.17, 15) is 4.39 Å². The second-order valence-corrected chi connectivity index (χ2v) is 10.7. The highest BCUT2D eigenvalue weighted by molar-refractivity contribution is 8.14. The summed E-state index contributed by atoms with van der Waals surface area (Å²) in [6.07, 6.45) is 2.00. The Bertz CT molecular complexity index is 1350. The molecule has 3 aromatic carbocycles. The largest absolute Gasteiger partial charge is 0.361 e. The molecular formula is C26H23FN4S2. The van der Waals surface area contributed by atoms with Crippen LogP contribution in [0.1, 0.15) is 22.7 Å². The molecule has 0 saturated carbocycles. The van der Waals surface area contributed by atoms with Gasteiger partial charge in [0.15, 0.2) is 10.3 Å². The molecule has 2 aliphatic rings. The molecule has 4 nitrogen and oxygen atoms in total. The number of thioether (sulfide) groups is 1. The Morgan fingerprint density at radius 1 is 1.12 bits per heavy atom. The van der Waals surface area contributed by atoms with Crippen LogP contribution >= 0.6 is 23.1 Å². The molecule has 2 atom stereocenters. The van der Waals surface area contributed by atoms with Crippen LogP contribution in [0.2, 0.25) is 0 Å². The predicted octanol–water partition coefficient (Wildman–Crippen LogP) is 6.42. The second kappa shape index (κ2) is 8.47.